The van der Waals surface area contributed by atoms with Crippen molar-refractivity contribution in [1.29, 1.82) is 0 Å². The molecule has 0 saturated heterocycles. The van der Waals surface area contributed by atoms with Gasteiger partial charge < -0.3 is 19.5 Å². The van der Waals surface area contributed by atoms with Crippen molar-refractivity contribution in [1.82, 2.24) is 5.32 Å². The topological polar surface area (TPSA) is 73.9 Å². The van der Waals surface area contributed by atoms with Gasteiger partial charge in [-0.15, -0.1) is 0 Å². The first kappa shape index (κ1) is 24.6. The third-order valence-electron chi connectivity index (χ3n) is 6.79. The third kappa shape index (κ3) is 4.97. The highest BCUT2D eigenvalue weighted by molar-refractivity contribution is 6.00. The van der Waals surface area contributed by atoms with Crippen LogP contribution in [-0.2, 0) is 20.9 Å². The molecule has 0 radical (unpaired) electrons. The van der Waals surface area contributed by atoms with E-state index in [0.717, 1.165) is 28.1 Å². The van der Waals surface area contributed by atoms with Gasteiger partial charge in [-0.3, -0.25) is 9.59 Å². The molecule has 2 aromatic carbocycles. The Morgan fingerprint density at radius 3 is 2.49 bits per heavy atom. The quantitative estimate of drug-likeness (QED) is 0.578. The number of aryl methyl sites for hydroxylation is 1. The smallest absolute Gasteiger partial charge is 0.315 e. The monoisotopic (exact) mass is 475 g/mol. The molecule has 2 aliphatic rings. The minimum atomic E-state index is -0.719. The molecular weight excluding hydrogens is 442 g/mol. The first-order valence-corrected chi connectivity index (χ1v) is 11.8. The SMILES string of the molecule is C=C1NC2=C(C(=O)CC(C)(C)C2)C(c2ccc(OC)c(COc3ccc(C)cc3)c2)C1C(=O)OC. The predicted octanol–water partition coefficient (Wildman–Crippen LogP) is 5.22. The maximum absolute atomic E-state index is 13.4. The molecule has 0 aromatic heterocycles. The number of benzene rings is 2. The van der Waals surface area contributed by atoms with Crippen molar-refractivity contribution in [3.63, 3.8) is 0 Å². The number of carbonyl (C=O) groups is 2. The summed E-state index contributed by atoms with van der Waals surface area (Å²) >= 11 is 0. The Morgan fingerprint density at radius 2 is 1.83 bits per heavy atom. The molecular formula is C29H33NO5. The summed E-state index contributed by atoms with van der Waals surface area (Å²) < 4.78 is 16.7. The van der Waals surface area contributed by atoms with E-state index in [4.69, 9.17) is 14.2 Å². The van der Waals surface area contributed by atoms with E-state index in [-0.39, 0.29) is 17.8 Å². The fourth-order valence-electron chi connectivity index (χ4n) is 5.11. The lowest BCUT2D eigenvalue weighted by Crippen LogP contribution is -2.43. The van der Waals surface area contributed by atoms with Crippen LogP contribution < -0.4 is 14.8 Å². The normalized spacial score (nSPS) is 21.2. The Bertz CT molecular complexity index is 1190. The van der Waals surface area contributed by atoms with Crippen molar-refractivity contribution in [3.05, 3.63) is 82.7 Å². The Balaban J connectivity index is 1.77. The van der Waals surface area contributed by atoms with E-state index in [2.05, 4.69) is 25.7 Å². The van der Waals surface area contributed by atoms with Crippen LogP contribution in [0.4, 0.5) is 0 Å². The number of allylic oxidation sites excluding steroid dienone is 2. The van der Waals surface area contributed by atoms with Crippen LogP contribution in [0.25, 0.3) is 0 Å². The minimum Gasteiger partial charge on any atom is -0.496 e. The van der Waals surface area contributed by atoms with Gasteiger partial charge in [0.05, 0.1) is 14.2 Å². The molecule has 0 spiro atoms. The fraction of sp³-hybridized carbons (Fsp3) is 0.379. The van der Waals surface area contributed by atoms with Crippen LogP contribution in [-0.4, -0.2) is 26.0 Å². The van der Waals surface area contributed by atoms with Gasteiger partial charge in [0.15, 0.2) is 5.78 Å². The van der Waals surface area contributed by atoms with Crippen LogP contribution in [0.3, 0.4) is 0 Å². The summed E-state index contributed by atoms with van der Waals surface area (Å²) in [5, 5.41) is 3.27. The average Bonchev–Trinajstić information content (AvgIpc) is 2.81. The van der Waals surface area contributed by atoms with E-state index in [1.165, 1.54) is 7.11 Å². The number of ketones is 1. The van der Waals surface area contributed by atoms with Gasteiger partial charge in [0.1, 0.15) is 24.0 Å². The Kier molecular flexibility index (Phi) is 6.75. The molecule has 0 saturated carbocycles. The molecule has 6 nitrogen and oxygen atoms in total. The Hall–Kier alpha value is -3.54. The molecule has 0 fully saturated rings. The second kappa shape index (κ2) is 9.61. The van der Waals surface area contributed by atoms with Gasteiger partial charge >= 0.3 is 5.97 Å². The molecule has 184 valence electrons. The second-order valence-corrected chi connectivity index (χ2v) is 10.1. The van der Waals surface area contributed by atoms with Gasteiger partial charge in [0.25, 0.3) is 0 Å². The lowest BCUT2D eigenvalue weighted by molar-refractivity contribution is -0.144. The zero-order valence-corrected chi connectivity index (χ0v) is 21.1. The van der Waals surface area contributed by atoms with E-state index in [9.17, 15) is 9.59 Å². The minimum absolute atomic E-state index is 0.0448. The number of carbonyl (C=O) groups excluding carboxylic acids is 2. The van der Waals surface area contributed by atoms with Gasteiger partial charge in [-0.2, -0.15) is 0 Å². The highest BCUT2D eigenvalue weighted by atomic mass is 16.5. The number of nitrogens with one attached hydrogen (secondary N) is 1. The fourth-order valence-corrected chi connectivity index (χ4v) is 5.11. The van der Waals surface area contributed by atoms with Crippen LogP contribution in [0.2, 0.25) is 0 Å². The summed E-state index contributed by atoms with van der Waals surface area (Å²) in [4.78, 5) is 26.3. The zero-order valence-electron chi connectivity index (χ0n) is 21.1. The summed E-state index contributed by atoms with van der Waals surface area (Å²) in [5.74, 6) is -0.177. The van der Waals surface area contributed by atoms with Crippen LogP contribution >= 0.6 is 0 Å². The average molecular weight is 476 g/mol. The van der Waals surface area contributed by atoms with E-state index in [1.807, 2.05) is 49.4 Å². The van der Waals surface area contributed by atoms with Crippen molar-refractivity contribution < 1.29 is 23.8 Å². The van der Waals surface area contributed by atoms with Crippen molar-refractivity contribution in [2.45, 2.75) is 46.1 Å². The van der Waals surface area contributed by atoms with Crippen LogP contribution in [0.1, 0.15) is 49.3 Å². The van der Waals surface area contributed by atoms with Crippen LogP contribution in [0.15, 0.2) is 66.0 Å². The number of Topliss-reactive ketones (excluding diaryl/α,β-unsaturated/α-hetero) is 1. The summed E-state index contributed by atoms with van der Waals surface area (Å²) in [5.41, 5.74) is 4.66. The molecule has 1 aliphatic carbocycles. The molecule has 35 heavy (non-hydrogen) atoms. The number of esters is 1. The third-order valence-corrected chi connectivity index (χ3v) is 6.79. The van der Waals surface area contributed by atoms with E-state index < -0.39 is 17.8 Å². The van der Waals surface area contributed by atoms with E-state index in [1.54, 1.807) is 7.11 Å². The first-order chi connectivity index (χ1) is 16.6. The number of methoxy groups -OCH3 is 2. The van der Waals surface area contributed by atoms with Crippen molar-refractivity contribution in [2.75, 3.05) is 14.2 Å². The van der Waals surface area contributed by atoms with Crippen molar-refractivity contribution in [3.8, 4) is 11.5 Å². The first-order valence-electron chi connectivity index (χ1n) is 11.8. The summed E-state index contributed by atoms with van der Waals surface area (Å²) in [6.07, 6.45) is 1.13. The van der Waals surface area contributed by atoms with Gasteiger partial charge in [0.2, 0.25) is 0 Å². The molecule has 0 bridgehead atoms. The molecule has 0 amide bonds. The molecule has 2 aromatic rings. The Labute approximate surface area is 207 Å². The number of hydrogen-bond donors (Lipinski definition) is 1. The lowest BCUT2D eigenvalue weighted by Gasteiger charge is -2.42. The summed E-state index contributed by atoms with van der Waals surface area (Å²) in [7, 11) is 2.97. The highest BCUT2D eigenvalue weighted by Gasteiger charge is 2.46. The largest absolute Gasteiger partial charge is 0.496 e. The summed E-state index contributed by atoms with van der Waals surface area (Å²) in [6, 6.07) is 13.6. The highest BCUT2D eigenvalue weighted by Crippen LogP contribution is 2.48. The number of hydrogen-bond acceptors (Lipinski definition) is 6. The second-order valence-electron chi connectivity index (χ2n) is 10.1. The van der Waals surface area contributed by atoms with E-state index >= 15 is 0 Å². The molecule has 4 rings (SSSR count). The molecule has 2 unspecified atom stereocenters. The van der Waals surface area contributed by atoms with Gasteiger partial charge in [0, 0.05) is 34.9 Å². The lowest BCUT2D eigenvalue weighted by atomic mass is 9.66. The van der Waals surface area contributed by atoms with Crippen molar-refractivity contribution in [2.24, 2.45) is 11.3 Å². The van der Waals surface area contributed by atoms with Crippen LogP contribution in [0.5, 0.6) is 11.5 Å². The number of ether oxygens (including phenoxy) is 3. The zero-order chi connectivity index (χ0) is 25.3. The van der Waals surface area contributed by atoms with Gasteiger partial charge in [-0.05, 0) is 48.6 Å². The molecule has 1 N–H and O–H groups in total. The molecule has 1 heterocycles. The van der Waals surface area contributed by atoms with Crippen molar-refractivity contribution >= 4 is 11.8 Å². The Morgan fingerprint density at radius 1 is 1.11 bits per heavy atom. The summed E-state index contributed by atoms with van der Waals surface area (Å²) in [6.45, 7) is 10.6. The number of rotatable bonds is 6. The van der Waals surface area contributed by atoms with Gasteiger partial charge in [-0.1, -0.05) is 44.2 Å². The van der Waals surface area contributed by atoms with Gasteiger partial charge in [-0.25, -0.2) is 0 Å². The van der Waals surface area contributed by atoms with E-state index in [0.29, 0.717) is 29.9 Å². The predicted molar refractivity (Wildman–Crippen MR) is 134 cm³/mol. The maximum atomic E-state index is 13.4. The molecule has 1 aliphatic heterocycles. The maximum Gasteiger partial charge on any atom is 0.315 e. The molecule has 6 heteroatoms. The standard InChI is InChI=1S/C29H33NO5/c1-17-7-10-21(11-8-17)35-16-20-13-19(9-12-24(20)33-5)26-25(28(32)34-6)18(2)30-22-14-29(3,4)15-23(31)27(22)26/h7-13,25-26,30H,2,14-16H2,1,3-6H3. The molecule has 2 atom stereocenters. The van der Waals surface area contributed by atoms with Crippen LogP contribution in [0, 0.1) is 18.3 Å².